The van der Waals surface area contributed by atoms with Crippen LogP contribution in [0.1, 0.15) is 39.0 Å². The molecule has 13 heavy (non-hydrogen) atoms. The standard InChI is InChI=1S/C10H15NO2/c1-2-3-4-5-6-7-9(8-11)10(12)13/h7H,2-6H2,1H3,(H,12,13)/p-1/b9-7-. The van der Waals surface area contributed by atoms with E-state index in [4.69, 9.17) is 5.26 Å². The SMILES string of the molecule is CCCCCC/C=C(/C#N)C(=O)[O-]. The van der Waals surface area contributed by atoms with Gasteiger partial charge in [0, 0.05) is 0 Å². The Morgan fingerprint density at radius 1 is 1.46 bits per heavy atom. The number of unbranched alkanes of at least 4 members (excludes halogenated alkanes) is 4. The van der Waals surface area contributed by atoms with Crippen molar-refractivity contribution >= 4 is 5.97 Å². The normalized spacial score (nSPS) is 10.9. The van der Waals surface area contributed by atoms with Crippen LogP contribution in [0.5, 0.6) is 0 Å². The molecule has 0 saturated heterocycles. The number of allylic oxidation sites excluding steroid dienone is 1. The average molecular weight is 180 g/mol. The van der Waals surface area contributed by atoms with Gasteiger partial charge in [0.15, 0.2) is 0 Å². The molecule has 3 nitrogen and oxygen atoms in total. The molecular formula is C10H14NO2-. The van der Waals surface area contributed by atoms with E-state index >= 15 is 0 Å². The number of carboxylic acid groups (broad SMARTS) is 1. The van der Waals surface area contributed by atoms with Gasteiger partial charge in [-0.3, -0.25) is 0 Å². The maximum absolute atomic E-state index is 10.2. The van der Waals surface area contributed by atoms with E-state index in [-0.39, 0.29) is 5.57 Å². The largest absolute Gasteiger partial charge is 0.544 e. The van der Waals surface area contributed by atoms with E-state index in [9.17, 15) is 9.90 Å². The lowest BCUT2D eigenvalue weighted by atomic mass is 10.1. The molecule has 0 aromatic heterocycles. The zero-order valence-corrected chi connectivity index (χ0v) is 7.88. The van der Waals surface area contributed by atoms with Crippen molar-refractivity contribution in [2.24, 2.45) is 0 Å². The second-order valence-electron chi connectivity index (χ2n) is 2.87. The number of carboxylic acids is 1. The van der Waals surface area contributed by atoms with Gasteiger partial charge in [-0.15, -0.1) is 0 Å². The zero-order valence-electron chi connectivity index (χ0n) is 7.88. The first-order chi connectivity index (χ1) is 6.22. The smallest absolute Gasteiger partial charge is 0.101 e. The lowest BCUT2D eigenvalue weighted by Crippen LogP contribution is -2.23. The molecule has 0 saturated carbocycles. The van der Waals surface area contributed by atoms with Crippen molar-refractivity contribution < 1.29 is 9.90 Å². The summed E-state index contributed by atoms with van der Waals surface area (Å²) in [6.45, 7) is 2.11. The summed E-state index contributed by atoms with van der Waals surface area (Å²) in [7, 11) is 0. The molecule has 0 unspecified atom stereocenters. The minimum absolute atomic E-state index is 0.253. The Morgan fingerprint density at radius 2 is 2.15 bits per heavy atom. The third-order valence-corrected chi connectivity index (χ3v) is 1.75. The lowest BCUT2D eigenvalue weighted by Gasteiger charge is -1.98. The highest BCUT2D eigenvalue weighted by Gasteiger charge is 1.94. The molecule has 0 amide bonds. The Labute approximate surface area is 78.7 Å². The third-order valence-electron chi connectivity index (χ3n) is 1.75. The first-order valence-electron chi connectivity index (χ1n) is 4.54. The van der Waals surface area contributed by atoms with Crippen LogP contribution in [-0.2, 0) is 4.79 Å². The summed E-state index contributed by atoms with van der Waals surface area (Å²) in [5.74, 6) is -1.38. The first-order valence-corrected chi connectivity index (χ1v) is 4.54. The monoisotopic (exact) mass is 180 g/mol. The van der Waals surface area contributed by atoms with E-state index in [1.54, 1.807) is 6.07 Å². The summed E-state index contributed by atoms with van der Waals surface area (Å²) in [5, 5.41) is 18.6. The van der Waals surface area contributed by atoms with Gasteiger partial charge >= 0.3 is 0 Å². The number of nitriles is 1. The Morgan fingerprint density at radius 3 is 2.62 bits per heavy atom. The summed E-state index contributed by atoms with van der Waals surface area (Å²) in [6.07, 6.45) is 6.41. The van der Waals surface area contributed by atoms with E-state index in [0.717, 1.165) is 25.7 Å². The zero-order chi connectivity index (χ0) is 10.1. The third kappa shape index (κ3) is 5.92. The van der Waals surface area contributed by atoms with Gasteiger partial charge in [-0.1, -0.05) is 32.3 Å². The molecule has 0 heterocycles. The molecule has 0 atom stereocenters. The van der Waals surface area contributed by atoms with E-state index in [1.807, 2.05) is 0 Å². The number of nitrogens with zero attached hydrogens (tertiary/aromatic N) is 1. The maximum Gasteiger partial charge on any atom is 0.101 e. The summed E-state index contributed by atoms with van der Waals surface area (Å²) in [4.78, 5) is 10.2. The van der Waals surface area contributed by atoms with E-state index in [0.29, 0.717) is 6.42 Å². The van der Waals surface area contributed by atoms with Crippen molar-refractivity contribution in [3.05, 3.63) is 11.6 Å². The fourth-order valence-electron chi connectivity index (χ4n) is 0.992. The van der Waals surface area contributed by atoms with E-state index in [2.05, 4.69) is 6.92 Å². The Hall–Kier alpha value is -1.30. The van der Waals surface area contributed by atoms with Gasteiger partial charge in [-0.05, 0) is 12.8 Å². The van der Waals surface area contributed by atoms with Gasteiger partial charge in [0.1, 0.15) is 6.07 Å². The minimum atomic E-state index is -1.38. The molecule has 0 aliphatic carbocycles. The topological polar surface area (TPSA) is 63.9 Å². The molecule has 0 aliphatic rings. The summed E-state index contributed by atoms with van der Waals surface area (Å²) < 4.78 is 0. The van der Waals surface area contributed by atoms with Crippen LogP contribution in [0.4, 0.5) is 0 Å². The number of carbonyl (C=O) groups is 1. The van der Waals surface area contributed by atoms with Gasteiger partial charge in [0.2, 0.25) is 0 Å². The fourth-order valence-corrected chi connectivity index (χ4v) is 0.992. The Kier molecular flexibility index (Phi) is 6.62. The van der Waals surface area contributed by atoms with Crippen molar-refractivity contribution in [3.8, 4) is 6.07 Å². The summed E-state index contributed by atoms with van der Waals surface area (Å²) in [6, 6.07) is 1.59. The van der Waals surface area contributed by atoms with Crippen molar-refractivity contribution in [1.82, 2.24) is 0 Å². The predicted molar refractivity (Wildman–Crippen MR) is 47.5 cm³/mol. The summed E-state index contributed by atoms with van der Waals surface area (Å²) in [5.41, 5.74) is -0.253. The predicted octanol–water partition coefficient (Wildman–Crippen LogP) is 1.16. The van der Waals surface area contributed by atoms with Gasteiger partial charge in [0.25, 0.3) is 0 Å². The Bertz CT molecular complexity index is 226. The van der Waals surface area contributed by atoms with E-state index in [1.165, 1.54) is 6.08 Å². The maximum atomic E-state index is 10.2. The minimum Gasteiger partial charge on any atom is -0.544 e. The first kappa shape index (κ1) is 11.7. The molecule has 72 valence electrons. The number of hydrogen-bond donors (Lipinski definition) is 0. The number of carbonyl (C=O) groups excluding carboxylic acids is 1. The van der Waals surface area contributed by atoms with E-state index < -0.39 is 5.97 Å². The molecule has 0 radical (unpaired) electrons. The molecule has 0 aromatic rings. The Balaban J connectivity index is 3.70. The molecule has 0 spiro atoms. The number of rotatable bonds is 6. The van der Waals surface area contributed by atoms with Crippen molar-refractivity contribution in [2.75, 3.05) is 0 Å². The highest BCUT2D eigenvalue weighted by molar-refractivity contribution is 5.89. The second kappa shape index (κ2) is 7.35. The van der Waals surface area contributed by atoms with Gasteiger partial charge in [-0.25, -0.2) is 0 Å². The number of aliphatic carboxylic acids is 1. The number of hydrogen-bond acceptors (Lipinski definition) is 3. The summed E-state index contributed by atoms with van der Waals surface area (Å²) >= 11 is 0. The van der Waals surface area contributed by atoms with Crippen molar-refractivity contribution in [2.45, 2.75) is 39.0 Å². The quantitative estimate of drug-likeness (QED) is 0.350. The van der Waals surface area contributed by atoms with Crippen LogP contribution in [0, 0.1) is 11.3 Å². The average Bonchev–Trinajstić information content (AvgIpc) is 2.10. The van der Waals surface area contributed by atoms with Gasteiger partial charge in [-0.2, -0.15) is 5.26 Å². The molecule has 0 N–H and O–H groups in total. The van der Waals surface area contributed by atoms with Crippen LogP contribution in [0.3, 0.4) is 0 Å². The van der Waals surface area contributed by atoms with Gasteiger partial charge < -0.3 is 9.90 Å². The van der Waals surface area contributed by atoms with Crippen LogP contribution in [0.25, 0.3) is 0 Å². The van der Waals surface area contributed by atoms with Crippen LogP contribution < -0.4 is 5.11 Å². The van der Waals surface area contributed by atoms with Gasteiger partial charge in [0.05, 0.1) is 11.5 Å². The molecule has 0 rings (SSSR count). The molecule has 0 aromatic carbocycles. The van der Waals surface area contributed by atoms with Crippen LogP contribution in [0.15, 0.2) is 11.6 Å². The molecular weight excluding hydrogens is 166 g/mol. The van der Waals surface area contributed by atoms with Crippen LogP contribution in [0.2, 0.25) is 0 Å². The van der Waals surface area contributed by atoms with Crippen LogP contribution >= 0.6 is 0 Å². The molecule has 0 fully saturated rings. The molecule has 3 heteroatoms. The molecule has 0 bridgehead atoms. The van der Waals surface area contributed by atoms with Crippen molar-refractivity contribution in [1.29, 1.82) is 5.26 Å². The highest BCUT2D eigenvalue weighted by atomic mass is 16.4. The highest BCUT2D eigenvalue weighted by Crippen LogP contribution is 2.04. The molecule has 0 aliphatic heterocycles. The fraction of sp³-hybridized carbons (Fsp3) is 0.600. The second-order valence-corrected chi connectivity index (χ2v) is 2.87. The van der Waals surface area contributed by atoms with Crippen molar-refractivity contribution in [3.63, 3.8) is 0 Å². The van der Waals surface area contributed by atoms with Crippen LogP contribution in [-0.4, -0.2) is 5.97 Å². The lowest BCUT2D eigenvalue weighted by molar-refractivity contribution is -0.298.